The lowest BCUT2D eigenvalue weighted by Crippen LogP contribution is -2.35. The average molecular weight is 397 g/mol. The van der Waals surface area contributed by atoms with E-state index in [1.807, 2.05) is 41.5 Å². The SMILES string of the molecule is CCCN(CCC)C(=O)c1nc(C(=O)Nc2c(C)cccc2C)c2n1CCCC2. The van der Waals surface area contributed by atoms with E-state index in [9.17, 15) is 9.59 Å². The van der Waals surface area contributed by atoms with Crippen molar-refractivity contribution in [3.63, 3.8) is 0 Å². The Bertz CT molecular complexity index is 874. The van der Waals surface area contributed by atoms with Gasteiger partial charge in [0.2, 0.25) is 0 Å². The second-order valence-corrected chi connectivity index (χ2v) is 7.85. The second-order valence-electron chi connectivity index (χ2n) is 7.85. The number of nitrogens with one attached hydrogen (secondary N) is 1. The van der Waals surface area contributed by atoms with Crippen molar-refractivity contribution in [3.05, 3.63) is 46.5 Å². The fourth-order valence-corrected chi connectivity index (χ4v) is 4.07. The number of benzene rings is 1. The van der Waals surface area contributed by atoms with Crippen LogP contribution in [0.15, 0.2) is 18.2 Å². The smallest absolute Gasteiger partial charge is 0.289 e. The van der Waals surface area contributed by atoms with E-state index in [0.717, 1.165) is 61.2 Å². The van der Waals surface area contributed by atoms with Crippen LogP contribution in [-0.2, 0) is 13.0 Å². The summed E-state index contributed by atoms with van der Waals surface area (Å²) >= 11 is 0. The zero-order chi connectivity index (χ0) is 21.0. The average Bonchev–Trinajstić information content (AvgIpc) is 3.10. The molecule has 0 bridgehead atoms. The van der Waals surface area contributed by atoms with Gasteiger partial charge in [-0.1, -0.05) is 32.0 Å². The molecule has 6 heteroatoms. The first-order valence-electron chi connectivity index (χ1n) is 10.7. The molecule has 2 aromatic rings. The number of carbonyl (C=O) groups is 2. The molecule has 0 radical (unpaired) electrons. The quantitative estimate of drug-likeness (QED) is 0.756. The molecule has 1 aromatic heterocycles. The maximum Gasteiger partial charge on any atom is 0.289 e. The fraction of sp³-hybridized carbons (Fsp3) is 0.522. The molecule has 0 spiro atoms. The topological polar surface area (TPSA) is 67.2 Å². The number of fused-ring (bicyclic) bond motifs is 1. The van der Waals surface area contributed by atoms with Gasteiger partial charge in [0.05, 0.1) is 5.69 Å². The molecule has 2 amide bonds. The Morgan fingerprint density at radius 1 is 1.10 bits per heavy atom. The number of aromatic nitrogens is 2. The summed E-state index contributed by atoms with van der Waals surface area (Å²) < 4.78 is 1.98. The minimum absolute atomic E-state index is 0.0667. The Balaban J connectivity index is 1.96. The number of nitrogens with zero attached hydrogens (tertiary/aromatic N) is 3. The van der Waals surface area contributed by atoms with Crippen molar-refractivity contribution < 1.29 is 9.59 Å². The standard InChI is InChI=1S/C23H32N4O2/c1-5-13-26(14-6-2)23(29)21-24-20(18-12-7-8-15-27(18)21)22(28)25-19-16(3)10-9-11-17(19)4/h9-11H,5-8,12-15H2,1-4H3,(H,25,28). The van der Waals surface area contributed by atoms with Gasteiger partial charge >= 0.3 is 0 Å². The maximum absolute atomic E-state index is 13.2. The van der Waals surface area contributed by atoms with Gasteiger partial charge in [-0.3, -0.25) is 9.59 Å². The zero-order valence-electron chi connectivity index (χ0n) is 18.0. The van der Waals surface area contributed by atoms with Crippen LogP contribution in [0.3, 0.4) is 0 Å². The van der Waals surface area contributed by atoms with E-state index < -0.39 is 0 Å². The number of hydrogen-bond donors (Lipinski definition) is 1. The highest BCUT2D eigenvalue weighted by Gasteiger charge is 2.29. The van der Waals surface area contributed by atoms with Crippen LogP contribution in [0.25, 0.3) is 0 Å². The number of carbonyl (C=O) groups excluding carboxylic acids is 2. The summed E-state index contributed by atoms with van der Waals surface area (Å²) in [6, 6.07) is 5.94. The Hall–Kier alpha value is -2.63. The van der Waals surface area contributed by atoms with Gasteiger partial charge in [-0.05, 0) is 57.1 Å². The summed E-state index contributed by atoms with van der Waals surface area (Å²) in [7, 11) is 0. The summed E-state index contributed by atoms with van der Waals surface area (Å²) in [6.45, 7) is 10.3. The highest BCUT2D eigenvalue weighted by atomic mass is 16.2. The van der Waals surface area contributed by atoms with E-state index in [2.05, 4.69) is 24.1 Å². The van der Waals surface area contributed by atoms with Crippen LogP contribution >= 0.6 is 0 Å². The lowest BCUT2D eigenvalue weighted by atomic mass is 10.1. The summed E-state index contributed by atoms with van der Waals surface area (Å²) in [4.78, 5) is 32.8. The van der Waals surface area contributed by atoms with Crippen molar-refractivity contribution in [2.75, 3.05) is 18.4 Å². The van der Waals surface area contributed by atoms with Gasteiger partial charge in [-0.2, -0.15) is 0 Å². The lowest BCUT2D eigenvalue weighted by molar-refractivity contribution is 0.0737. The zero-order valence-corrected chi connectivity index (χ0v) is 18.0. The summed E-state index contributed by atoms with van der Waals surface area (Å²) in [5, 5.41) is 3.04. The molecule has 3 rings (SSSR count). The molecule has 1 aliphatic heterocycles. The van der Waals surface area contributed by atoms with Crippen LogP contribution in [0.1, 0.15) is 77.5 Å². The number of amides is 2. The van der Waals surface area contributed by atoms with E-state index in [4.69, 9.17) is 0 Å². The molecule has 156 valence electrons. The van der Waals surface area contributed by atoms with Crippen LogP contribution in [0, 0.1) is 13.8 Å². The van der Waals surface area contributed by atoms with E-state index in [0.29, 0.717) is 24.6 Å². The van der Waals surface area contributed by atoms with Crippen LogP contribution < -0.4 is 5.32 Å². The number of anilines is 1. The van der Waals surface area contributed by atoms with Gasteiger partial charge in [0.25, 0.3) is 11.8 Å². The van der Waals surface area contributed by atoms with Crippen molar-refractivity contribution in [2.24, 2.45) is 0 Å². The number of imidazole rings is 1. The molecule has 1 N–H and O–H groups in total. The first kappa shape index (κ1) is 21.1. The third-order valence-corrected chi connectivity index (χ3v) is 5.52. The molecule has 0 aliphatic carbocycles. The van der Waals surface area contributed by atoms with Crippen LogP contribution in [0.5, 0.6) is 0 Å². The third kappa shape index (κ3) is 4.36. The van der Waals surface area contributed by atoms with E-state index in [1.165, 1.54) is 0 Å². The minimum atomic E-state index is -0.232. The lowest BCUT2D eigenvalue weighted by Gasteiger charge is -2.23. The van der Waals surface area contributed by atoms with Gasteiger partial charge in [0.15, 0.2) is 11.5 Å². The van der Waals surface area contributed by atoms with Crippen molar-refractivity contribution >= 4 is 17.5 Å². The summed E-state index contributed by atoms with van der Waals surface area (Å²) in [6.07, 6.45) is 4.59. The number of rotatable bonds is 7. The Kier molecular flexibility index (Phi) is 6.72. The van der Waals surface area contributed by atoms with Gasteiger partial charge in [-0.15, -0.1) is 0 Å². The Morgan fingerprint density at radius 3 is 2.38 bits per heavy atom. The van der Waals surface area contributed by atoms with E-state index in [1.54, 1.807) is 0 Å². The largest absolute Gasteiger partial charge is 0.336 e. The molecule has 0 unspecified atom stereocenters. The van der Waals surface area contributed by atoms with Crippen molar-refractivity contribution in [2.45, 2.75) is 66.3 Å². The number of aryl methyl sites for hydroxylation is 2. The Morgan fingerprint density at radius 2 is 1.76 bits per heavy atom. The molecule has 2 heterocycles. The van der Waals surface area contributed by atoms with Crippen molar-refractivity contribution in [1.82, 2.24) is 14.5 Å². The highest BCUT2D eigenvalue weighted by molar-refractivity contribution is 6.05. The third-order valence-electron chi connectivity index (χ3n) is 5.52. The second kappa shape index (κ2) is 9.25. The highest BCUT2D eigenvalue weighted by Crippen LogP contribution is 2.25. The first-order chi connectivity index (χ1) is 14.0. The molecular weight excluding hydrogens is 364 g/mol. The van der Waals surface area contributed by atoms with Gasteiger partial charge in [0, 0.05) is 25.3 Å². The summed E-state index contributed by atoms with van der Waals surface area (Å²) in [5.41, 5.74) is 4.13. The van der Waals surface area contributed by atoms with Crippen LogP contribution in [0.2, 0.25) is 0 Å². The van der Waals surface area contributed by atoms with Crippen LogP contribution in [-0.4, -0.2) is 39.4 Å². The molecule has 0 saturated carbocycles. The van der Waals surface area contributed by atoms with E-state index >= 15 is 0 Å². The molecule has 6 nitrogen and oxygen atoms in total. The fourth-order valence-electron chi connectivity index (χ4n) is 4.07. The molecule has 1 aliphatic rings. The first-order valence-corrected chi connectivity index (χ1v) is 10.7. The van der Waals surface area contributed by atoms with Gasteiger partial charge < -0.3 is 14.8 Å². The van der Waals surface area contributed by atoms with Crippen molar-refractivity contribution in [1.29, 1.82) is 0 Å². The predicted octanol–water partition coefficient (Wildman–Crippen LogP) is 4.35. The van der Waals surface area contributed by atoms with Gasteiger partial charge in [-0.25, -0.2) is 4.98 Å². The molecule has 0 atom stereocenters. The molecular formula is C23H32N4O2. The Labute approximate surface area is 173 Å². The molecule has 0 fully saturated rings. The minimum Gasteiger partial charge on any atom is -0.336 e. The molecule has 29 heavy (non-hydrogen) atoms. The number of hydrogen-bond acceptors (Lipinski definition) is 3. The van der Waals surface area contributed by atoms with Crippen LogP contribution in [0.4, 0.5) is 5.69 Å². The van der Waals surface area contributed by atoms with E-state index in [-0.39, 0.29) is 11.8 Å². The van der Waals surface area contributed by atoms with Crippen molar-refractivity contribution in [3.8, 4) is 0 Å². The normalized spacial score (nSPS) is 13.1. The van der Waals surface area contributed by atoms with Gasteiger partial charge in [0.1, 0.15) is 0 Å². The maximum atomic E-state index is 13.2. The summed E-state index contributed by atoms with van der Waals surface area (Å²) in [5.74, 6) is 0.112. The molecule has 0 saturated heterocycles. The predicted molar refractivity (Wildman–Crippen MR) is 116 cm³/mol. The number of para-hydroxylation sites is 1. The monoisotopic (exact) mass is 396 g/mol. The molecule has 1 aromatic carbocycles.